The van der Waals surface area contributed by atoms with Crippen LogP contribution in [0.3, 0.4) is 0 Å². The van der Waals surface area contributed by atoms with Gasteiger partial charge in [-0.2, -0.15) is 0 Å². The molecule has 1 atom stereocenters. The molecule has 3 rings (SSSR count). The molecule has 2 N–H and O–H groups in total. The molecular weight excluding hydrogens is 374 g/mol. The van der Waals surface area contributed by atoms with E-state index in [1.165, 1.54) is 6.42 Å². The Morgan fingerprint density at radius 1 is 1.48 bits per heavy atom. The largest absolute Gasteiger partial charge is 0.356 e. The van der Waals surface area contributed by atoms with Crippen LogP contribution in [0, 0.1) is 5.92 Å². The molecule has 0 bridgehead atoms. The predicted molar refractivity (Wildman–Crippen MR) is 97.6 cm³/mol. The molecule has 6 heteroatoms. The summed E-state index contributed by atoms with van der Waals surface area (Å²) in [5.41, 5.74) is 1.91. The molecule has 0 aliphatic carbocycles. The molecule has 1 saturated heterocycles. The van der Waals surface area contributed by atoms with Crippen molar-refractivity contribution in [2.24, 2.45) is 5.92 Å². The summed E-state index contributed by atoms with van der Waals surface area (Å²) < 4.78 is 1.03. The summed E-state index contributed by atoms with van der Waals surface area (Å²) in [4.78, 5) is 16.6. The van der Waals surface area contributed by atoms with E-state index in [0.29, 0.717) is 12.3 Å². The number of carbonyl (C=O) groups is 1. The van der Waals surface area contributed by atoms with Gasteiger partial charge in [0.1, 0.15) is 5.01 Å². The summed E-state index contributed by atoms with van der Waals surface area (Å²) in [5, 5.41) is 9.27. The van der Waals surface area contributed by atoms with Crippen molar-refractivity contribution in [1.82, 2.24) is 15.6 Å². The van der Waals surface area contributed by atoms with Crippen LogP contribution in [0.5, 0.6) is 0 Å². The Labute approximate surface area is 148 Å². The first-order valence-corrected chi connectivity index (χ1v) is 9.56. The first-order chi connectivity index (χ1) is 11.2. The fourth-order valence-electron chi connectivity index (χ4n) is 2.75. The van der Waals surface area contributed by atoms with Crippen LogP contribution in [0.2, 0.25) is 0 Å². The molecule has 0 spiro atoms. The van der Waals surface area contributed by atoms with Crippen molar-refractivity contribution in [3.63, 3.8) is 0 Å². The number of amides is 1. The van der Waals surface area contributed by atoms with Crippen LogP contribution in [-0.4, -0.2) is 30.5 Å². The minimum absolute atomic E-state index is 0.0575. The fraction of sp³-hybridized carbons (Fsp3) is 0.412. The number of halogens is 1. The zero-order valence-electron chi connectivity index (χ0n) is 12.8. The summed E-state index contributed by atoms with van der Waals surface area (Å²) in [6.45, 7) is 2.95. The van der Waals surface area contributed by atoms with Crippen molar-refractivity contribution in [2.75, 3.05) is 19.6 Å². The zero-order chi connectivity index (χ0) is 16.1. The van der Waals surface area contributed by atoms with Gasteiger partial charge in [-0.15, -0.1) is 11.3 Å². The molecule has 1 amide bonds. The number of nitrogens with zero attached hydrogens (tertiary/aromatic N) is 1. The molecule has 4 nitrogen and oxygen atoms in total. The van der Waals surface area contributed by atoms with Crippen molar-refractivity contribution < 1.29 is 4.79 Å². The molecule has 1 unspecified atom stereocenters. The number of hydrogen-bond donors (Lipinski definition) is 2. The highest BCUT2D eigenvalue weighted by atomic mass is 79.9. The van der Waals surface area contributed by atoms with E-state index in [2.05, 4.69) is 31.5 Å². The lowest BCUT2D eigenvalue weighted by atomic mass is 10.1. The van der Waals surface area contributed by atoms with Gasteiger partial charge < -0.3 is 10.6 Å². The van der Waals surface area contributed by atoms with E-state index in [1.54, 1.807) is 11.3 Å². The Hall–Kier alpha value is -1.24. The van der Waals surface area contributed by atoms with E-state index in [1.807, 2.05) is 29.6 Å². The van der Waals surface area contributed by atoms with Gasteiger partial charge in [0.05, 0.1) is 12.1 Å². The number of rotatable bonds is 6. The lowest BCUT2D eigenvalue weighted by Gasteiger charge is -2.08. The molecule has 0 radical (unpaired) electrons. The average molecular weight is 394 g/mol. The smallest absolute Gasteiger partial charge is 0.226 e. The maximum atomic E-state index is 12.0. The van der Waals surface area contributed by atoms with Crippen LogP contribution < -0.4 is 10.6 Å². The first kappa shape index (κ1) is 16.6. The summed E-state index contributed by atoms with van der Waals surface area (Å²) in [6.07, 6.45) is 2.63. The summed E-state index contributed by atoms with van der Waals surface area (Å²) >= 11 is 5.05. The second kappa shape index (κ2) is 8.04. The molecule has 2 heterocycles. The molecule has 1 fully saturated rings. The highest BCUT2D eigenvalue weighted by Gasteiger charge is 2.14. The van der Waals surface area contributed by atoms with Crippen LogP contribution in [-0.2, 0) is 11.2 Å². The quantitative estimate of drug-likeness (QED) is 0.791. The lowest BCUT2D eigenvalue weighted by molar-refractivity contribution is -0.120. The second-order valence-electron chi connectivity index (χ2n) is 5.83. The van der Waals surface area contributed by atoms with Gasteiger partial charge in [0.2, 0.25) is 5.91 Å². The lowest BCUT2D eigenvalue weighted by Crippen LogP contribution is -2.27. The highest BCUT2D eigenvalue weighted by molar-refractivity contribution is 9.10. The summed E-state index contributed by atoms with van der Waals surface area (Å²) in [5.74, 6) is 0.764. The molecule has 122 valence electrons. The Kier molecular flexibility index (Phi) is 5.80. The normalized spacial score (nSPS) is 17.3. The Balaban J connectivity index is 1.49. The molecule has 1 aromatic carbocycles. The van der Waals surface area contributed by atoms with Crippen molar-refractivity contribution in [3.8, 4) is 10.6 Å². The van der Waals surface area contributed by atoms with Crippen LogP contribution in [0.4, 0.5) is 0 Å². The van der Waals surface area contributed by atoms with Crippen molar-refractivity contribution >= 4 is 33.2 Å². The fourth-order valence-corrected chi connectivity index (χ4v) is 3.96. The minimum atomic E-state index is 0.0575. The molecule has 0 saturated carbocycles. The summed E-state index contributed by atoms with van der Waals surface area (Å²) in [7, 11) is 0. The Morgan fingerprint density at radius 2 is 2.39 bits per heavy atom. The molecule has 1 aliphatic heterocycles. The minimum Gasteiger partial charge on any atom is -0.356 e. The third-order valence-corrected chi connectivity index (χ3v) is 5.44. The van der Waals surface area contributed by atoms with Crippen molar-refractivity contribution in [2.45, 2.75) is 19.3 Å². The van der Waals surface area contributed by atoms with E-state index in [0.717, 1.165) is 46.8 Å². The topological polar surface area (TPSA) is 54.0 Å². The van der Waals surface area contributed by atoms with E-state index < -0.39 is 0 Å². The Morgan fingerprint density at radius 3 is 3.17 bits per heavy atom. The first-order valence-electron chi connectivity index (χ1n) is 7.88. The number of nitrogens with one attached hydrogen (secondary N) is 2. The van der Waals surface area contributed by atoms with Gasteiger partial charge in [0, 0.05) is 22.0 Å². The number of benzene rings is 1. The second-order valence-corrected chi connectivity index (χ2v) is 7.60. The predicted octanol–water partition coefficient (Wildman–Crippen LogP) is 3.23. The maximum absolute atomic E-state index is 12.0. The molecule has 2 aromatic rings. The molecule has 1 aromatic heterocycles. The van der Waals surface area contributed by atoms with Gasteiger partial charge in [0.25, 0.3) is 0 Å². The molecular formula is C17H20BrN3OS. The third-order valence-electron chi connectivity index (χ3n) is 4.00. The van der Waals surface area contributed by atoms with Crippen molar-refractivity contribution in [3.05, 3.63) is 39.8 Å². The SMILES string of the molecule is O=C(Cc1csc(-c2cccc(Br)c2)n1)NCCC1CCNC1. The molecule has 1 aliphatic rings. The van der Waals surface area contributed by atoms with Gasteiger partial charge in [-0.05, 0) is 44.0 Å². The van der Waals surface area contributed by atoms with Gasteiger partial charge in [-0.1, -0.05) is 28.1 Å². The summed E-state index contributed by atoms with van der Waals surface area (Å²) in [6, 6.07) is 8.05. The van der Waals surface area contributed by atoms with E-state index in [9.17, 15) is 4.79 Å². The van der Waals surface area contributed by atoms with Gasteiger partial charge >= 0.3 is 0 Å². The van der Waals surface area contributed by atoms with Crippen molar-refractivity contribution in [1.29, 1.82) is 0 Å². The zero-order valence-corrected chi connectivity index (χ0v) is 15.3. The standard InChI is InChI=1S/C17H20BrN3OS/c18-14-3-1-2-13(8-14)17-21-15(11-23-17)9-16(22)20-7-5-12-4-6-19-10-12/h1-3,8,11-12,19H,4-7,9-10H2,(H,20,22). The highest BCUT2D eigenvalue weighted by Crippen LogP contribution is 2.26. The van der Waals surface area contributed by atoms with Gasteiger partial charge in [-0.3, -0.25) is 4.79 Å². The van der Waals surface area contributed by atoms with Crippen LogP contribution >= 0.6 is 27.3 Å². The number of hydrogen-bond acceptors (Lipinski definition) is 4. The Bertz CT molecular complexity index is 667. The van der Waals surface area contributed by atoms with Gasteiger partial charge in [-0.25, -0.2) is 4.98 Å². The monoisotopic (exact) mass is 393 g/mol. The van der Waals surface area contributed by atoms with E-state index in [-0.39, 0.29) is 5.91 Å². The molecule has 23 heavy (non-hydrogen) atoms. The van der Waals surface area contributed by atoms with Crippen LogP contribution in [0.15, 0.2) is 34.1 Å². The van der Waals surface area contributed by atoms with E-state index in [4.69, 9.17) is 0 Å². The number of carbonyl (C=O) groups excluding carboxylic acids is 1. The number of aromatic nitrogens is 1. The average Bonchev–Trinajstić information content (AvgIpc) is 3.19. The van der Waals surface area contributed by atoms with Crippen LogP contribution in [0.1, 0.15) is 18.5 Å². The maximum Gasteiger partial charge on any atom is 0.226 e. The van der Waals surface area contributed by atoms with Crippen LogP contribution in [0.25, 0.3) is 10.6 Å². The number of thiazole rings is 1. The third kappa shape index (κ3) is 4.86. The van der Waals surface area contributed by atoms with E-state index >= 15 is 0 Å². The van der Waals surface area contributed by atoms with Gasteiger partial charge in [0.15, 0.2) is 0 Å².